The van der Waals surface area contributed by atoms with Gasteiger partial charge in [0.25, 0.3) is 0 Å². The molecule has 0 spiro atoms. The van der Waals surface area contributed by atoms with Gasteiger partial charge in [0.1, 0.15) is 18.2 Å². The number of benzene rings is 1. The van der Waals surface area contributed by atoms with E-state index in [2.05, 4.69) is 16.9 Å². The van der Waals surface area contributed by atoms with Crippen molar-refractivity contribution in [3.63, 3.8) is 0 Å². The van der Waals surface area contributed by atoms with Gasteiger partial charge in [-0.15, -0.1) is 11.6 Å². The van der Waals surface area contributed by atoms with E-state index in [1.165, 1.54) is 6.07 Å². The first-order chi connectivity index (χ1) is 9.29. The van der Waals surface area contributed by atoms with Crippen LogP contribution in [0.4, 0.5) is 4.39 Å². The third kappa shape index (κ3) is 4.01. The molecule has 0 aliphatic rings. The Morgan fingerprint density at radius 2 is 2.32 bits per heavy atom. The Kier molecular flexibility index (Phi) is 4.82. The van der Waals surface area contributed by atoms with Crippen molar-refractivity contribution >= 4 is 11.6 Å². The molecule has 0 saturated heterocycles. The monoisotopic (exact) mass is 278 g/mol. The zero-order chi connectivity index (χ0) is 13.5. The summed E-state index contributed by atoms with van der Waals surface area (Å²) in [5.41, 5.74) is 0.320. The van der Waals surface area contributed by atoms with E-state index in [1.807, 2.05) is 12.3 Å². The highest BCUT2D eigenvalue weighted by Gasteiger charge is 2.02. The minimum absolute atomic E-state index is 0.182. The molecule has 1 aromatic heterocycles. The third-order valence-electron chi connectivity index (χ3n) is 2.38. The van der Waals surface area contributed by atoms with Gasteiger partial charge in [0.05, 0.1) is 18.0 Å². The van der Waals surface area contributed by atoms with E-state index >= 15 is 0 Å². The number of aromatic nitrogens is 2. The van der Waals surface area contributed by atoms with Crippen molar-refractivity contribution in [3.05, 3.63) is 48.0 Å². The van der Waals surface area contributed by atoms with Crippen LogP contribution in [0.5, 0.6) is 5.75 Å². The number of ether oxygens (including phenoxy) is 1. The van der Waals surface area contributed by atoms with Gasteiger partial charge in [0, 0.05) is 18.5 Å². The largest absolute Gasteiger partial charge is 0.492 e. The molecule has 0 radical (unpaired) electrons. The van der Waals surface area contributed by atoms with Crippen molar-refractivity contribution in [2.75, 3.05) is 12.5 Å². The first-order valence-corrected chi connectivity index (χ1v) is 6.27. The zero-order valence-electron chi connectivity index (χ0n) is 10.1. The average molecular weight is 279 g/mol. The molecule has 0 atom stereocenters. The fourth-order valence-corrected chi connectivity index (χ4v) is 1.57. The first-order valence-electron chi connectivity index (χ1n) is 5.74. The van der Waals surface area contributed by atoms with Gasteiger partial charge in [-0.05, 0) is 18.2 Å². The van der Waals surface area contributed by atoms with Crippen LogP contribution in [0, 0.1) is 17.7 Å². The summed E-state index contributed by atoms with van der Waals surface area (Å²) in [6.07, 6.45) is 3.54. The van der Waals surface area contributed by atoms with Crippen LogP contribution in [0.1, 0.15) is 5.56 Å². The lowest BCUT2D eigenvalue weighted by Gasteiger charge is -2.06. The summed E-state index contributed by atoms with van der Waals surface area (Å²) in [6.45, 7) is 1.04. The van der Waals surface area contributed by atoms with E-state index < -0.39 is 5.82 Å². The van der Waals surface area contributed by atoms with Gasteiger partial charge in [-0.25, -0.2) is 4.39 Å². The molecule has 0 aliphatic heterocycles. The van der Waals surface area contributed by atoms with Crippen molar-refractivity contribution in [1.29, 1.82) is 0 Å². The van der Waals surface area contributed by atoms with Crippen molar-refractivity contribution in [2.45, 2.75) is 6.54 Å². The predicted molar refractivity (Wildman–Crippen MR) is 71.7 cm³/mol. The van der Waals surface area contributed by atoms with Crippen LogP contribution >= 0.6 is 11.6 Å². The standard InChI is InChI=1S/C14H12ClFN2O/c15-6-1-3-12-4-5-13(11-14(12)16)19-10-9-18-8-2-7-17-18/h2,4-5,7-8,11H,6,9-10H2. The van der Waals surface area contributed by atoms with Crippen molar-refractivity contribution in [3.8, 4) is 17.6 Å². The van der Waals surface area contributed by atoms with Crippen molar-refractivity contribution in [2.24, 2.45) is 0 Å². The summed E-state index contributed by atoms with van der Waals surface area (Å²) >= 11 is 5.42. The van der Waals surface area contributed by atoms with Crippen LogP contribution < -0.4 is 4.74 Å². The van der Waals surface area contributed by atoms with E-state index in [4.69, 9.17) is 16.3 Å². The van der Waals surface area contributed by atoms with Crippen LogP contribution in [0.15, 0.2) is 36.7 Å². The van der Waals surface area contributed by atoms with Gasteiger partial charge >= 0.3 is 0 Å². The minimum Gasteiger partial charge on any atom is -0.492 e. The summed E-state index contributed by atoms with van der Waals surface area (Å²) in [6, 6.07) is 6.42. The molecule has 19 heavy (non-hydrogen) atoms. The molecule has 98 valence electrons. The maximum absolute atomic E-state index is 13.6. The number of nitrogens with zero attached hydrogens (tertiary/aromatic N) is 2. The lowest BCUT2D eigenvalue weighted by Crippen LogP contribution is -2.08. The Bertz CT molecular complexity index is 587. The Labute approximate surface area is 116 Å². The molecule has 0 unspecified atom stereocenters. The molecule has 0 N–H and O–H groups in total. The molecule has 0 fully saturated rings. The smallest absolute Gasteiger partial charge is 0.142 e. The molecule has 1 heterocycles. The van der Waals surface area contributed by atoms with Gasteiger partial charge in [-0.3, -0.25) is 4.68 Å². The number of hydrogen-bond donors (Lipinski definition) is 0. The summed E-state index contributed by atoms with van der Waals surface area (Å²) in [4.78, 5) is 0. The minimum atomic E-state index is -0.408. The van der Waals surface area contributed by atoms with E-state index in [0.29, 0.717) is 24.5 Å². The average Bonchev–Trinajstić information content (AvgIpc) is 2.91. The molecule has 0 bridgehead atoms. The Balaban J connectivity index is 1.92. The van der Waals surface area contributed by atoms with Crippen LogP contribution in [-0.2, 0) is 6.54 Å². The van der Waals surface area contributed by atoms with Crippen LogP contribution in [0.2, 0.25) is 0 Å². The second-order valence-electron chi connectivity index (χ2n) is 3.69. The molecule has 0 aliphatic carbocycles. The molecule has 0 saturated carbocycles. The van der Waals surface area contributed by atoms with Crippen molar-refractivity contribution in [1.82, 2.24) is 9.78 Å². The fourth-order valence-electron chi connectivity index (χ4n) is 1.51. The second-order valence-corrected chi connectivity index (χ2v) is 3.96. The molecule has 5 heteroatoms. The highest BCUT2D eigenvalue weighted by molar-refractivity contribution is 6.19. The molecule has 1 aromatic carbocycles. The van der Waals surface area contributed by atoms with E-state index in [-0.39, 0.29) is 5.88 Å². The molecular weight excluding hydrogens is 267 g/mol. The summed E-state index contributed by atoms with van der Waals surface area (Å²) in [5.74, 6) is 5.50. The Morgan fingerprint density at radius 1 is 1.42 bits per heavy atom. The normalized spacial score (nSPS) is 9.79. The second kappa shape index (κ2) is 6.81. The third-order valence-corrected chi connectivity index (χ3v) is 2.51. The summed E-state index contributed by atoms with van der Waals surface area (Å²) in [7, 11) is 0. The maximum atomic E-state index is 13.6. The lowest BCUT2D eigenvalue weighted by molar-refractivity contribution is 0.290. The number of alkyl halides is 1. The van der Waals surface area contributed by atoms with Crippen LogP contribution in [-0.4, -0.2) is 22.3 Å². The predicted octanol–water partition coefficient (Wildman–Crippen LogP) is 2.69. The van der Waals surface area contributed by atoms with Gasteiger partial charge < -0.3 is 4.74 Å². The molecular formula is C14H12ClFN2O. The van der Waals surface area contributed by atoms with Crippen molar-refractivity contribution < 1.29 is 9.13 Å². The first kappa shape index (κ1) is 13.4. The summed E-state index contributed by atoms with van der Waals surface area (Å²) < 4.78 is 20.8. The molecule has 2 rings (SSSR count). The topological polar surface area (TPSA) is 27.1 Å². The van der Waals surface area contributed by atoms with E-state index in [0.717, 1.165) is 0 Å². The number of hydrogen-bond acceptors (Lipinski definition) is 2. The highest BCUT2D eigenvalue weighted by atomic mass is 35.5. The quantitative estimate of drug-likeness (QED) is 0.635. The van der Waals surface area contributed by atoms with Gasteiger partial charge in [-0.2, -0.15) is 5.10 Å². The SMILES string of the molecule is Fc1cc(OCCn2cccn2)ccc1C#CCCl. The molecule has 3 nitrogen and oxygen atoms in total. The Hall–Kier alpha value is -1.99. The molecule has 2 aromatic rings. The van der Waals surface area contributed by atoms with Crippen LogP contribution in [0.25, 0.3) is 0 Å². The van der Waals surface area contributed by atoms with E-state index in [1.54, 1.807) is 23.0 Å². The lowest BCUT2D eigenvalue weighted by atomic mass is 10.2. The maximum Gasteiger partial charge on any atom is 0.142 e. The van der Waals surface area contributed by atoms with Gasteiger partial charge in [0.2, 0.25) is 0 Å². The van der Waals surface area contributed by atoms with Gasteiger partial charge in [-0.1, -0.05) is 11.8 Å². The molecule has 0 amide bonds. The van der Waals surface area contributed by atoms with Gasteiger partial charge in [0.15, 0.2) is 0 Å². The fraction of sp³-hybridized carbons (Fsp3) is 0.214. The highest BCUT2D eigenvalue weighted by Crippen LogP contribution is 2.16. The van der Waals surface area contributed by atoms with E-state index in [9.17, 15) is 4.39 Å². The Morgan fingerprint density at radius 3 is 3.00 bits per heavy atom. The van der Waals surface area contributed by atoms with Crippen LogP contribution in [0.3, 0.4) is 0 Å². The number of halogens is 2. The number of rotatable bonds is 4. The zero-order valence-corrected chi connectivity index (χ0v) is 10.9. The summed E-state index contributed by atoms with van der Waals surface area (Å²) in [5, 5.41) is 4.04.